The van der Waals surface area contributed by atoms with Crippen LogP contribution in [0, 0.1) is 11.8 Å². The fourth-order valence-corrected chi connectivity index (χ4v) is 11.3. The van der Waals surface area contributed by atoms with E-state index in [0.29, 0.717) is 25.7 Å². The van der Waals surface area contributed by atoms with E-state index in [-0.39, 0.29) is 25.7 Å². The van der Waals surface area contributed by atoms with Crippen molar-refractivity contribution in [1.82, 2.24) is 0 Å². The summed E-state index contributed by atoms with van der Waals surface area (Å²) in [6.07, 6.45) is 40.2. The Morgan fingerprint density at radius 1 is 0.345 bits per heavy atom. The molecule has 0 fully saturated rings. The number of hydrogen-bond donors (Lipinski definition) is 3. The van der Waals surface area contributed by atoms with E-state index >= 15 is 0 Å². The highest BCUT2D eigenvalue weighted by molar-refractivity contribution is 7.47. The van der Waals surface area contributed by atoms with Gasteiger partial charge in [0.1, 0.15) is 19.3 Å². The summed E-state index contributed by atoms with van der Waals surface area (Å²) in [4.78, 5) is 72.2. The van der Waals surface area contributed by atoms with Crippen LogP contribution in [0.2, 0.25) is 0 Å². The molecule has 0 aromatic carbocycles. The first kappa shape index (κ1) is 82.1. The fraction of sp³-hybridized carbons (Fsp3) is 0.938. The van der Waals surface area contributed by atoms with Gasteiger partial charge in [-0.2, -0.15) is 0 Å². The number of unbranched alkanes of at least 4 members (excludes halogenated alkanes) is 33. The van der Waals surface area contributed by atoms with Crippen LogP contribution < -0.4 is 0 Å². The zero-order valence-electron chi connectivity index (χ0n) is 54.2. The van der Waals surface area contributed by atoms with E-state index in [1.54, 1.807) is 0 Å². The average molecular weight is 1240 g/mol. The number of ether oxygens (including phenoxy) is 4. The van der Waals surface area contributed by atoms with Gasteiger partial charge in [0, 0.05) is 25.7 Å². The van der Waals surface area contributed by atoms with Gasteiger partial charge in [-0.3, -0.25) is 37.3 Å². The minimum atomic E-state index is -4.95. The maximum Gasteiger partial charge on any atom is 0.472 e. The molecular weight excluding hydrogens is 1110 g/mol. The van der Waals surface area contributed by atoms with Gasteiger partial charge in [-0.05, 0) is 37.5 Å². The van der Waals surface area contributed by atoms with E-state index in [0.717, 1.165) is 108 Å². The third kappa shape index (κ3) is 57.8. The van der Waals surface area contributed by atoms with Gasteiger partial charge >= 0.3 is 39.5 Å². The molecule has 0 aromatic heterocycles. The Morgan fingerprint density at radius 2 is 0.607 bits per heavy atom. The molecule has 3 N–H and O–H groups in total. The van der Waals surface area contributed by atoms with E-state index in [4.69, 9.17) is 37.0 Å². The van der Waals surface area contributed by atoms with Crippen LogP contribution in [0.1, 0.15) is 324 Å². The van der Waals surface area contributed by atoms with Crippen molar-refractivity contribution in [3.8, 4) is 0 Å². The first-order valence-corrected chi connectivity index (χ1v) is 37.0. The Bertz CT molecular complexity index is 1650. The molecule has 0 bridgehead atoms. The van der Waals surface area contributed by atoms with Crippen LogP contribution in [0.3, 0.4) is 0 Å². The molecule has 0 saturated carbocycles. The number of phosphoric ester groups is 2. The molecule has 0 aliphatic heterocycles. The SMILES string of the molecule is CCCCCCCCCCCC(=O)O[C@H](COC(=O)CCCCCCCCCC)COP(=O)(O)OC[C@H](O)COP(=O)(O)OC[C@@H](COC(=O)CCCCCCCCCCCCC(C)C)OC(=O)CCCCCCCCCCCCC(C)CC. The van der Waals surface area contributed by atoms with Crippen LogP contribution >= 0.6 is 15.6 Å². The number of aliphatic hydroxyl groups excluding tert-OH is 1. The van der Waals surface area contributed by atoms with Crippen molar-refractivity contribution in [2.45, 2.75) is 342 Å². The van der Waals surface area contributed by atoms with Gasteiger partial charge in [-0.15, -0.1) is 0 Å². The van der Waals surface area contributed by atoms with E-state index < -0.39 is 97.5 Å². The third-order valence-corrected chi connectivity index (χ3v) is 17.2. The highest BCUT2D eigenvalue weighted by Gasteiger charge is 2.30. The smallest absolute Gasteiger partial charge is 0.462 e. The molecule has 498 valence electrons. The van der Waals surface area contributed by atoms with Crippen molar-refractivity contribution in [1.29, 1.82) is 0 Å². The summed E-state index contributed by atoms with van der Waals surface area (Å²) in [5.74, 6) is -0.573. The number of rotatable bonds is 64. The second-order valence-electron chi connectivity index (χ2n) is 24.2. The van der Waals surface area contributed by atoms with Crippen molar-refractivity contribution in [2.75, 3.05) is 39.6 Å². The molecule has 0 aliphatic rings. The standard InChI is InChI=1S/C65H126O17P2/c1-7-10-12-14-16-22-31-37-43-49-64(69)81-60(53-75-62(67)47-41-35-29-17-15-13-11-8-2)55-79-83(71,72)77-51-59(66)52-78-84(73,74)80-56-61(54-76-63(68)48-42-36-30-25-20-18-23-27-33-39-45-57(4)5)82-65(70)50-44-38-32-26-21-19-24-28-34-40-46-58(6)9-3/h57-61,66H,7-56H2,1-6H3,(H,71,72)(H,73,74)/t58?,59-,60+,61+/m0/s1. The molecular formula is C65H126O17P2. The van der Waals surface area contributed by atoms with Gasteiger partial charge in [0.2, 0.25) is 0 Å². The Kier molecular flexibility index (Phi) is 56.2. The molecule has 84 heavy (non-hydrogen) atoms. The zero-order valence-corrected chi connectivity index (χ0v) is 56.0. The summed E-state index contributed by atoms with van der Waals surface area (Å²) in [7, 11) is -9.88. The molecule has 0 heterocycles. The van der Waals surface area contributed by atoms with Crippen molar-refractivity contribution in [3.63, 3.8) is 0 Å². The summed E-state index contributed by atoms with van der Waals surface area (Å²) in [6, 6.07) is 0. The Balaban J connectivity index is 5.23. The Labute approximate surface area is 511 Å². The predicted octanol–water partition coefficient (Wildman–Crippen LogP) is 18.0. The third-order valence-electron chi connectivity index (χ3n) is 15.3. The molecule has 0 rings (SSSR count). The minimum Gasteiger partial charge on any atom is -0.462 e. The lowest BCUT2D eigenvalue weighted by atomic mass is 9.99. The summed E-state index contributed by atoms with van der Waals surface area (Å²) in [6.45, 7) is 9.48. The number of carbonyl (C=O) groups is 4. The largest absolute Gasteiger partial charge is 0.472 e. The van der Waals surface area contributed by atoms with Crippen LogP contribution in [0.25, 0.3) is 0 Å². The van der Waals surface area contributed by atoms with E-state index in [9.17, 15) is 43.2 Å². The molecule has 0 amide bonds. The topological polar surface area (TPSA) is 237 Å². The predicted molar refractivity (Wildman–Crippen MR) is 335 cm³/mol. The van der Waals surface area contributed by atoms with E-state index in [1.807, 2.05) is 0 Å². The lowest BCUT2D eigenvalue weighted by molar-refractivity contribution is -0.161. The molecule has 19 heteroatoms. The van der Waals surface area contributed by atoms with Crippen molar-refractivity contribution in [3.05, 3.63) is 0 Å². The monoisotopic (exact) mass is 1240 g/mol. The van der Waals surface area contributed by atoms with Crippen molar-refractivity contribution >= 4 is 39.5 Å². The van der Waals surface area contributed by atoms with E-state index in [2.05, 4.69) is 41.5 Å². The number of hydrogen-bond acceptors (Lipinski definition) is 15. The molecule has 0 spiro atoms. The van der Waals surface area contributed by atoms with E-state index in [1.165, 1.54) is 135 Å². The lowest BCUT2D eigenvalue weighted by Crippen LogP contribution is -2.30. The average Bonchev–Trinajstić information content (AvgIpc) is 3.46. The van der Waals surface area contributed by atoms with Gasteiger partial charge < -0.3 is 33.8 Å². The van der Waals surface area contributed by atoms with Gasteiger partial charge in [0.15, 0.2) is 12.2 Å². The van der Waals surface area contributed by atoms with Crippen LogP contribution in [0.5, 0.6) is 0 Å². The second-order valence-corrected chi connectivity index (χ2v) is 27.1. The second kappa shape index (κ2) is 57.5. The van der Waals surface area contributed by atoms with Gasteiger partial charge in [-0.1, -0.05) is 273 Å². The minimum absolute atomic E-state index is 0.105. The molecule has 0 aliphatic carbocycles. The fourth-order valence-electron chi connectivity index (χ4n) is 9.68. The lowest BCUT2D eigenvalue weighted by Gasteiger charge is -2.21. The first-order chi connectivity index (χ1) is 40.4. The summed E-state index contributed by atoms with van der Waals surface area (Å²) in [5, 5.41) is 10.5. The molecule has 3 unspecified atom stereocenters. The van der Waals surface area contributed by atoms with Gasteiger partial charge in [0.05, 0.1) is 26.4 Å². The van der Waals surface area contributed by atoms with Crippen LogP contribution in [-0.4, -0.2) is 96.7 Å². The highest BCUT2D eigenvalue weighted by Crippen LogP contribution is 2.45. The van der Waals surface area contributed by atoms with Crippen molar-refractivity contribution < 1.29 is 80.2 Å². The molecule has 0 aromatic rings. The molecule has 6 atom stereocenters. The summed E-state index contributed by atoms with van der Waals surface area (Å²) in [5.41, 5.74) is 0. The number of phosphoric acid groups is 2. The Hall–Kier alpha value is -1.94. The Morgan fingerprint density at radius 3 is 0.905 bits per heavy atom. The summed E-state index contributed by atoms with van der Waals surface area (Å²) < 4.78 is 68.0. The van der Waals surface area contributed by atoms with Gasteiger partial charge in [-0.25, -0.2) is 9.13 Å². The van der Waals surface area contributed by atoms with Crippen LogP contribution in [0.15, 0.2) is 0 Å². The maximum absolute atomic E-state index is 13.0. The quantitative estimate of drug-likeness (QED) is 0.0222. The maximum atomic E-state index is 13.0. The van der Waals surface area contributed by atoms with Crippen molar-refractivity contribution in [2.24, 2.45) is 11.8 Å². The number of esters is 4. The number of carbonyl (C=O) groups excluding carboxylic acids is 4. The first-order valence-electron chi connectivity index (χ1n) is 34.0. The zero-order chi connectivity index (χ0) is 62.2. The molecule has 0 radical (unpaired) electrons. The number of aliphatic hydroxyl groups is 1. The molecule has 0 saturated heterocycles. The van der Waals surface area contributed by atoms with Crippen LogP contribution in [0.4, 0.5) is 0 Å². The molecule has 17 nitrogen and oxygen atoms in total. The van der Waals surface area contributed by atoms with Gasteiger partial charge in [0.25, 0.3) is 0 Å². The summed E-state index contributed by atoms with van der Waals surface area (Å²) >= 11 is 0. The van der Waals surface area contributed by atoms with Crippen LogP contribution in [-0.2, 0) is 65.4 Å². The normalized spacial score (nSPS) is 14.6. The highest BCUT2D eigenvalue weighted by atomic mass is 31.2.